The molecule has 0 spiro atoms. The second kappa shape index (κ2) is 7.47. The van der Waals surface area contributed by atoms with Crippen molar-refractivity contribution in [2.45, 2.75) is 6.54 Å². The van der Waals surface area contributed by atoms with E-state index in [0.29, 0.717) is 33.6 Å². The molecule has 0 saturated heterocycles. The van der Waals surface area contributed by atoms with Crippen molar-refractivity contribution in [3.63, 3.8) is 0 Å². The van der Waals surface area contributed by atoms with Gasteiger partial charge in [0.25, 0.3) is 0 Å². The van der Waals surface area contributed by atoms with Gasteiger partial charge in [0.15, 0.2) is 0 Å². The molecule has 2 aromatic carbocycles. The highest BCUT2D eigenvalue weighted by Crippen LogP contribution is 2.25. The lowest BCUT2D eigenvalue weighted by Crippen LogP contribution is -2.14. The Morgan fingerprint density at radius 1 is 1.21 bits per heavy atom. The fraction of sp³-hybridized carbons (Fsp3) is 0.0588. The first-order valence-corrected chi connectivity index (χ1v) is 7.87. The minimum atomic E-state index is -0.352. The van der Waals surface area contributed by atoms with Crippen molar-refractivity contribution in [2.75, 3.05) is 5.43 Å². The third kappa shape index (κ3) is 3.93. The molecular weight excluding hydrogens is 350 g/mol. The van der Waals surface area contributed by atoms with Gasteiger partial charge in [0, 0.05) is 23.0 Å². The Balaban J connectivity index is 1.94. The number of rotatable bonds is 5. The summed E-state index contributed by atoms with van der Waals surface area (Å²) in [7, 11) is 0. The Morgan fingerprint density at radius 3 is 2.79 bits per heavy atom. The van der Waals surface area contributed by atoms with Gasteiger partial charge in [0.1, 0.15) is 5.82 Å². The molecule has 122 valence electrons. The van der Waals surface area contributed by atoms with Crippen LogP contribution >= 0.6 is 23.2 Å². The van der Waals surface area contributed by atoms with Crippen LogP contribution in [0.5, 0.6) is 0 Å². The minimum absolute atomic E-state index is 0.352. The average Bonchev–Trinajstić information content (AvgIpc) is 3.08. The van der Waals surface area contributed by atoms with Crippen LogP contribution in [0.3, 0.4) is 0 Å². The smallest absolute Gasteiger partial charge is 0.132 e. The highest BCUT2D eigenvalue weighted by atomic mass is 35.5. The van der Waals surface area contributed by atoms with E-state index in [1.54, 1.807) is 59.7 Å². The van der Waals surface area contributed by atoms with Gasteiger partial charge in [0.05, 0.1) is 29.3 Å². The molecule has 0 radical (unpaired) electrons. The third-order valence-corrected chi connectivity index (χ3v) is 3.88. The predicted molar refractivity (Wildman–Crippen MR) is 95.2 cm³/mol. The number of anilines is 1. The number of aromatic nitrogens is 2. The maximum atomic E-state index is 14.2. The largest absolute Gasteiger partial charge is 0.331 e. The van der Waals surface area contributed by atoms with Crippen molar-refractivity contribution < 1.29 is 4.39 Å². The van der Waals surface area contributed by atoms with E-state index in [0.717, 1.165) is 0 Å². The lowest BCUT2D eigenvalue weighted by molar-refractivity contribution is 0.624. The quantitative estimate of drug-likeness (QED) is 0.520. The molecule has 0 aliphatic rings. The van der Waals surface area contributed by atoms with E-state index in [9.17, 15) is 4.39 Å². The molecule has 3 aromatic rings. The molecule has 1 aromatic heterocycles. The number of hydrogen-bond acceptors (Lipinski definition) is 3. The first-order valence-electron chi connectivity index (χ1n) is 7.12. The molecule has 0 saturated carbocycles. The first kappa shape index (κ1) is 16.5. The van der Waals surface area contributed by atoms with Crippen molar-refractivity contribution in [1.29, 1.82) is 0 Å². The van der Waals surface area contributed by atoms with Crippen LogP contribution in [0.15, 0.2) is 66.3 Å². The molecule has 4 nitrogen and oxygen atoms in total. The van der Waals surface area contributed by atoms with Crippen LogP contribution in [0.1, 0.15) is 5.56 Å². The predicted octanol–water partition coefficient (Wildman–Crippen LogP) is 4.85. The van der Waals surface area contributed by atoms with E-state index in [1.165, 1.54) is 6.07 Å². The standard InChI is InChI=1S/C17H13Cl2FN4/c18-12-5-6-14(19)16(9-12)22-23-17(10-24-8-7-21-11-24)13-3-1-2-4-15(13)20/h1-9,11,22H,10H2. The van der Waals surface area contributed by atoms with Gasteiger partial charge in [-0.15, -0.1) is 0 Å². The number of hydrazone groups is 1. The summed E-state index contributed by atoms with van der Waals surface area (Å²) in [6, 6.07) is 11.5. The molecule has 0 fully saturated rings. The number of imidazole rings is 1. The van der Waals surface area contributed by atoms with Gasteiger partial charge in [-0.05, 0) is 24.3 Å². The number of hydrogen-bond donors (Lipinski definition) is 1. The maximum Gasteiger partial charge on any atom is 0.132 e. The number of halogens is 3. The normalized spacial score (nSPS) is 11.5. The summed E-state index contributed by atoms with van der Waals surface area (Å²) in [6.45, 7) is 0.353. The fourth-order valence-electron chi connectivity index (χ4n) is 2.14. The van der Waals surface area contributed by atoms with Crippen LogP contribution in [-0.2, 0) is 6.54 Å². The van der Waals surface area contributed by atoms with Crippen LogP contribution in [0, 0.1) is 5.82 Å². The van der Waals surface area contributed by atoms with Gasteiger partial charge < -0.3 is 4.57 Å². The summed E-state index contributed by atoms with van der Waals surface area (Å²) in [6.07, 6.45) is 5.08. The molecule has 3 rings (SSSR count). The van der Waals surface area contributed by atoms with E-state index in [-0.39, 0.29) is 5.82 Å². The van der Waals surface area contributed by atoms with E-state index in [4.69, 9.17) is 23.2 Å². The maximum absolute atomic E-state index is 14.2. The van der Waals surface area contributed by atoms with Gasteiger partial charge in [-0.1, -0.05) is 41.4 Å². The van der Waals surface area contributed by atoms with Crippen molar-refractivity contribution in [2.24, 2.45) is 5.10 Å². The molecule has 0 amide bonds. The van der Waals surface area contributed by atoms with Gasteiger partial charge >= 0.3 is 0 Å². The lowest BCUT2D eigenvalue weighted by Gasteiger charge is -2.11. The number of benzene rings is 2. The summed E-state index contributed by atoms with van der Waals surface area (Å²) < 4.78 is 16.0. The zero-order chi connectivity index (χ0) is 16.9. The summed E-state index contributed by atoms with van der Waals surface area (Å²) in [5.74, 6) is -0.352. The SMILES string of the molecule is Fc1ccccc1C(Cn1ccnc1)=NNc1cc(Cl)ccc1Cl. The van der Waals surface area contributed by atoms with E-state index >= 15 is 0 Å². The van der Waals surface area contributed by atoms with Crippen LogP contribution in [0.2, 0.25) is 10.0 Å². The van der Waals surface area contributed by atoms with Crippen LogP contribution in [-0.4, -0.2) is 15.3 Å². The Hall–Kier alpha value is -2.37. The molecule has 0 aliphatic carbocycles. The van der Waals surface area contributed by atoms with Crippen molar-refractivity contribution in [3.05, 3.63) is 82.6 Å². The molecular formula is C17H13Cl2FN4. The molecule has 1 heterocycles. The second-order valence-corrected chi connectivity index (χ2v) is 5.85. The average molecular weight is 363 g/mol. The highest BCUT2D eigenvalue weighted by Gasteiger charge is 2.11. The van der Waals surface area contributed by atoms with E-state index in [1.807, 2.05) is 0 Å². The van der Waals surface area contributed by atoms with Gasteiger partial charge in [0.2, 0.25) is 0 Å². The molecule has 1 N–H and O–H groups in total. The number of nitrogens with zero attached hydrogens (tertiary/aromatic N) is 3. The van der Waals surface area contributed by atoms with Crippen LogP contribution in [0.25, 0.3) is 0 Å². The summed E-state index contributed by atoms with van der Waals surface area (Å²) >= 11 is 12.1. The zero-order valence-electron chi connectivity index (χ0n) is 12.5. The Morgan fingerprint density at radius 2 is 2.04 bits per heavy atom. The minimum Gasteiger partial charge on any atom is -0.331 e. The van der Waals surface area contributed by atoms with Crippen molar-refractivity contribution in [1.82, 2.24) is 9.55 Å². The first-order chi connectivity index (χ1) is 11.6. The topological polar surface area (TPSA) is 42.2 Å². The third-order valence-electron chi connectivity index (χ3n) is 3.32. The summed E-state index contributed by atoms with van der Waals surface area (Å²) in [4.78, 5) is 3.99. The molecule has 0 bridgehead atoms. The molecule has 0 unspecified atom stereocenters. The van der Waals surface area contributed by atoms with Crippen LogP contribution < -0.4 is 5.43 Å². The van der Waals surface area contributed by atoms with Gasteiger partial charge in [-0.3, -0.25) is 5.43 Å². The Bertz CT molecular complexity index is 863. The van der Waals surface area contributed by atoms with Gasteiger partial charge in [-0.2, -0.15) is 5.10 Å². The molecule has 7 heteroatoms. The molecule has 24 heavy (non-hydrogen) atoms. The van der Waals surface area contributed by atoms with E-state index < -0.39 is 0 Å². The van der Waals surface area contributed by atoms with Gasteiger partial charge in [-0.25, -0.2) is 9.37 Å². The summed E-state index contributed by atoms with van der Waals surface area (Å²) in [5.41, 5.74) is 4.31. The van der Waals surface area contributed by atoms with Crippen molar-refractivity contribution in [3.8, 4) is 0 Å². The number of nitrogens with one attached hydrogen (secondary N) is 1. The fourth-order valence-corrected chi connectivity index (χ4v) is 2.47. The summed E-state index contributed by atoms with van der Waals surface area (Å²) in [5, 5.41) is 5.33. The zero-order valence-corrected chi connectivity index (χ0v) is 14.0. The van der Waals surface area contributed by atoms with Crippen LogP contribution in [0.4, 0.5) is 10.1 Å². The second-order valence-electron chi connectivity index (χ2n) is 5.01. The molecule has 0 aliphatic heterocycles. The monoisotopic (exact) mass is 362 g/mol. The van der Waals surface area contributed by atoms with E-state index in [2.05, 4.69) is 15.5 Å². The molecule has 0 atom stereocenters. The highest BCUT2D eigenvalue weighted by molar-refractivity contribution is 6.35. The Labute approximate surface area is 148 Å². The van der Waals surface area contributed by atoms with Crippen molar-refractivity contribution >= 4 is 34.6 Å². The lowest BCUT2D eigenvalue weighted by atomic mass is 10.1. The Kier molecular flexibility index (Phi) is 5.13.